The second kappa shape index (κ2) is 11.0. The first-order valence-electron chi connectivity index (χ1n) is 12.8. The third kappa shape index (κ3) is 5.58. The molecule has 1 heterocycles. The topological polar surface area (TPSA) is 69.7 Å². The van der Waals surface area contributed by atoms with Crippen molar-refractivity contribution < 1.29 is 14.4 Å². The molecule has 37 heavy (non-hydrogen) atoms. The molecule has 3 aromatic carbocycles. The summed E-state index contributed by atoms with van der Waals surface area (Å²) in [6.45, 7) is 8.71. The van der Waals surface area contributed by atoms with Gasteiger partial charge < -0.3 is 10.2 Å². The van der Waals surface area contributed by atoms with Gasteiger partial charge in [0.2, 0.25) is 11.8 Å². The lowest BCUT2D eigenvalue weighted by Crippen LogP contribution is -2.65. The summed E-state index contributed by atoms with van der Waals surface area (Å²) < 4.78 is 0. The van der Waals surface area contributed by atoms with Crippen molar-refractivity contribution in [1.82, 2.24) is 10.2 Å². The number of hydrogen-bond acceptors (Lipinski definition) is 3. The summed E-state index contributed by atoms with van der Waals surface area (Å²) in [4.78, 5) is 43.9. The Morgan fingerprint density at radius 1 is 0.865 bits per heavy atom. The molecular formula is C31H35N3O3. The Morgan fingerprint density at radius 2 is 1.51 bits per heavy atom. The molecule has 192 valence electrons. The standard InChI is InChI=1S/C31H35N3O3/c1-22-10-13-27(14-11-22)29(36)34(28-15-12-23(2)24(3)20-28)31(16-18-33(19-17-31)25(4)35)30(37)32-21-26-8-6-5-7-9-26/h5-15,20H,16-19,21H2,1-4H3,(H,32,37). The van der Waals surface area contributed by atoms with Gasteiger partial charge in [0.25, 0.3) is 5.91 Å². The molecule has 0 aliphatic carbocycles. The lowest BCUT2D eigenvalue weighted by molar-refractivity contribution is -0.135. The van der Waals surface area contributed by atoms with Gasteiger partial charge in [-0.3, -0.25) is 19.3 Å². The molecule has 0 saturated carbocycles. The summed E-state index contributed by atoms with van der Waals surface area (Å²) in [5, 5.41) is 3.11. The Kier molecular flexibility index (Phi) is 7.77. The van der Waals surface area contributed by atoms with Gasteiger partial charge in [0.05, 0.1) is 0 Å². The molecule has 1 aliphatic rings. The largest absolute Gasteiger partial charge is 0.350 e. The fraction of sp³-hybridized carbons (Fsp3) is 0.323. The van der Waals surface area contributed by atoms with Gasteiger partial charge >= 0.3 is 0 Å². The highest BCUT2D eigenvalue weighted by molar-refractivity contribution is 6.11. The first-order chi connectivity index (χ1) is 17.7. The maximum Gasteiger partial charge on any atom is 0.259 e. The van der Waals surface area contributed by atoms with E-state index in [4.69, 9.17) is 0 Å². The highest BCUT2D eigenvalue weighted by Gasteiger charge is 2.49. The van der Waals surface area contributed by atoms with Gasteiger partial charge in [-0.25, -0.2) is 0 Å². The number of carbonyl (C=O) groups excluding carboxylic acids is 3. The van der Waals surface area contributed by atoms with Crippen LogP contribution in [0.25, 0.3) is 0 Å². The maximum atomic E-state index is 14.2. The molecule has 6 heteroatoms. The van der Waals surface area contributed by atoms with E-state index >= 15 is 0 Å². The average Bonchev–Trinajstić information content (AvgIpc) is 2.90. The van der Waals surface area contributed by atoms with Crippen LogP contribution in [0.1, 0.15) is 52.4 Å². The quantitative estimate of drug-likeness (QED) is 0.524. The molecule has 1 N–H and O–H groups in total. The second-order valence-electron chi connectivity index (χ2n) is 9.98. The van der Waals surface area contributed by atoms with Crippen LogP contribution in [0.3, 0.4) is 0 Å². The monoisotopic (exact) mass is 497 g/mol. The smallest absolute Gasteiger partial charge is 0.259 e. The third-order valence-electron chi connectivity index (χ3n) is 7.43. The molecule has 1 fully saturated rings. The van der Waals surface area contributed by atoms with Crippen LogP contribution in [0.5, 0.6) is 0 Å². The van der Waals surface area contributed by atoms with Gasteiger partial charge in [-0.2, -0.15) is 0 Å². The molecule has 0 spiro atoms. The Labute approximate surface area is 219 Å². The molecule has 3 amide bonds. The first kappa shape index (κ1) is 26.1. The van der Waals surface area contributed by atoms with Gasteiger partial charge in [0.15, 0.2) is 0 Å². The van der Waals surface area contributed by atoms with Crippen molar-refractivity contribution in [1.29, 1.82) is 0 Å². The summed E-state index contributed by atoms with van der Waals surface area (Å²) in [6, 6.07) is 23.1. The molecule has 0 aromatic heterocycles. The van der Waals surface area contributed by atoms with E-state index in [0.717, 1.165) is 22.3 Å². The molecule has 3 aromatic rings. The van der Waals surface area contributed by atoms with Gasteiger partial charge in [0.1, 0.15) is 5.54 Å². The Morgan fingerprint density at radius 3 is 2.11 bits per heavy atom. The summed E-state index contributed by atoms with van der Waals surface area (Å²) in [6.07, 6.45) is 0.690. The highest BCUT2D eigenvalue weighted by Crippen LogP contribution is 2.36. The number of likely N-dealkylation sites (tertiary alicyclic amines) is 1. The number of rotatable bonds is 6. The first-order valence-corrected chi connectivity index (χ1v) is 12.8. The zero-order valence-electron chi connectivity index (χ0n) is 22.1. The Hall–Kier alpha value is -3.93. The number of nitrogens with zero attached hydrogens (tertiary/aromatic N) is 2. The average molecular weight is 498 g/mol. The number of piperidine rings is 1. The Bertz CT molecular complexity index is 1280. The molecule has 4 rings (SSSR count). The summed E-state index contributed by atoms with van der Waals surface area (Å²) >= 11 is 0. The summed E-state index contributed by atoms with van der Waals surface area (Å²) in [7, 11) is 0. The summed E-state index contributed by atoms with van der Waals surface area (Å²) in [5.74, 6) is -0.464. The van der Waals surface area contributed by atoms with Crippen LogP contribution >= 0.6 is 0 Å². The third-order valence-corrected chi connectivity index (χ3v) is 7.43. The number of anilines is 1. The number of nitrogens with one attached hydrogen (secondary N) is 1. The maximum absolute atomic E-state index is 14.2. The van der Waals surface area contributed by atoms with E-state index in [-0.39, 0.29) is 17.7 Å². The van der Waals surface area contributed by atoms with Crippen molar-refractivity contribution in [2.75, 3.05) is 18.0 Å². The predicted molar refractivity (Wildman–Crippen MR) is 146 cm³/mol. The van der Waals surface area contributed by atoms with E-state index in [9.17, 15) is 14.4 Å². The van der Waals surface area contributed by atoms with Crippen LogP contribution in [0.4, 0.5) is 5.69 Å². The van der Waals surface area contributed by atoms with Crippen LogP contribution in [0.2, 0.25) is 0 Å². The number of aryl methyl sites for hydroxylation is 3. The summed E-state index contributed by atoms with van der Waals surface area (Å²) in [5.41, 5.74) is 4.24. The molecule has 0 bridgehead atoms. The number of carbonyl (C=O) groups is 3. The SMILES string of the molecule is CC(=O)N1CCC(C(=O)NCc2ccccc2)(N(C(=O)c2ccc(C)cc2)c2ccc(C)c(C)c2)CC1. The van der Waals surface area contributed by atoms with Crippen LogP contribution in [-0.2, 0) is 16.1 Å². The number of hydrogen-bond donors (Lipinski definition) is 1. The number of benzene rings is 3. The van der Waals surface area contributed by atoms with Gasteiger partial charge in [-0.15, -0.1) is 0 Å². The van der Waals surface area contributed by atoms with E-state index in [1.54, 1.807) is 16.7 Å². The van der Waals surface area contributed by atoms with Crippen molar-refractivity contribution >= 4 is 23.4 Å². The van der Waals surface area contributed by atoms with E-state index in [1.807, 2.05) is 93.6 Å². The molecule has 0 radical (unpaired) electrons. The number of amides is 3. The van der Waals surface area contributed by atoms with Crippen LogP contribution in [0.15, 0.2) is 72.8 Å². The van der Waals surface area contributed by atoms with E-state index < -0.39 is 5.54 Å². The zero-order valence-corrected chi connectivity index (χ0v) is 22.1. The molecular weight excluding hydrogens is 462 g/mol. The van der Waals surface area contributed by atoms with E-state index in [2.05, 4.69) is 5.32 Å². The van der Waals surface area contributed by atoms with Gasteiger partial charge in [-0.05, 0) is 74.6 Å². The minimum atomic E-state index is -1.15. The van der Waals surface area contributed by atoms with Crippen molar-refractivity contribution in [2.24, 2.45) is 0 Å². The highest BCUT2D eigenvalue weighted by atomic mass is 16.2. The fourth-order valence-corrected chi connectivity index (χ4v) is 4.94. The Balaban J connectivity index is 1.80. The lowest BCUT2D eigenvalue weighted by atomic mass is 9.83. The molecule has 0 unspecified atom stereocenters. The predicted octanol–water partition coefficient (Wildman–Crippen LogP) is 4.96. The normalized spacial score (nSPS) is 14.6. The van der Waals surface area contributed by atoms with E-state index in [1.165, 1.54) is 0 Å². The molecule has 1 saturated heterocycles. The fourth-order valence-electron chi connectivity index (χ4n) is 4.94. The van der Waals surface area contributed by atoms with Gasteiger partial charge in [0, 0.05) is 37.8 Å². The van der Waals surface area contributed by atoms with Crippen LogP contribution in [0, 0.1) is 20.8 Å². The van der Waals surface area contributed by atoms with Crippen molar-refractivity contribution in [3.8, 4) is 0 Å². The molecule has 1 aliphatic heterocycles. The molecule has 6 nitrogen and oxygen atoms in total. The van der Waals surface area contributed by atoms with Gasteiger partial charge in [-0.1, -0.05) is 54.1 Å². The van der Waals surface area contributed by atoms with Crippen molar-refractivity contribution in [3.63, 3.8) is 0 Å². The van der Waals surface area contributed by atoms with Crippen LogP contribution < -0.4 is 10.2 Å². The molecule has 0 atom stereocenters. The van der Waals surface area contributed by atoms with Crippen molar-refractivity contribution in [2.45, 2.75) is 52.6 Å². The van der Waals surface area contributed by atoms with E-state index in [0.29, 0.717) is 43.7 Å². The minimum absolute atomic E-state index is 0.0270. The minimum Gasteiger partial charge on any atom is -0.350 e. The second-order valence-corrected chi connectivity index (χ2v) is 9.98. The lowest BCUT2D eigenvalue weighted by Gasteiger charge is -2.47. The zero-order chi connectivity index (χ0) is 26.6. The van der Waals surface area contributed by atoms with Crippen LogP contribution in [-0.4, -0.2) is 41.2 Å². The van der Waals surface area contributed by atoms with Crippen molar-refractivity contribution in [3.05, 3.63) is 101 Å².